The van der Waals surface area contributed by atoms with Crippen molar-refractivity contribution >= 4 is 34.6 Å². The van der Waals surface area contributed by atoms with E-state index in [4.69, 9.17) is 28.9 Å². The van der Waals surface area contributed by atoms with E-state index in [1.54, 1.807) is 12.1 Å². The van der Waals surface area contributed by atoms with Gasteiger partial charge in [-0.3, -0.25) is 0 Å². The largest absolute Gasteiger partial charge is 0.399 e. The van der Waals surface area contributed by atoms with E-state index in [2.05, 4.69) is 4.90 Å². The molecule has 0 aliphatic heterocycles. The lowest BCUT2D eigenvalue weighted by atomic mass is 10.1. The summed E-state index contributed by atoms with van der Waals surface area (Å²) >= 11 is 12.5. The second kappa shape index (κ2) is 6.00. The van der Waals surface area contributed by atoms with Gasteiger partial charge in [0.2, 0.25) is 0 Å². The number of aliphatic hydroxyl groups excluding tert-OH is 1. The molecule has 18 heavy (non-hydrogen) atoms. The predicted octanol–water partition coefficient (Wildman–Crippen LogP) is 3.32. The lowest BCUT2D eigenvalue weighted by molar-refractivity contribution is 0.297. The smallest absolute Gasteiger partial charge is 0.0749 e. The van der Waals surface area contributed by atoms with Gasteiger partial charge in [0.15, 0.2) is 0 Å². The Balaban J connectivity index is 2.35. The summed E-state index contributed by atoms with van der Waals surface area (Å²) in [6, 6.07) is 3.83. The number of hydrogen-bond donors (Lipinski definition) is 2. The summed E-state index contributed by atoms with van der Waals surface area (Å²) in [7, 11) is 0. The van der Waals surface area contributed by atoms with E-state index in [0.29, 0.717) is 28.3 Å². The first kappa shape index (κ1) is 13.8. The van der Waals surface area contributed by atoms with Crippen molar-refractivity contribution in [3.63, 3.8) is 0 Å². The van der Waals surface area contributed by atoms with Crippen molar-refractivity contribution in [2.75, 3.05) is 23.8 Å². The molecule has 1 aliphatic rings. The Bertz CT molecular complexity index is 396. The van der Waals surface area contributed by atoms with Crippen molar-refractivity contribution in [2.45, 2.75) is 31.7 Å². The third-order valence-corrected chi connectivity index (χ3v) is 4.01. The Morgan fingerprint density at radius 2 is 1.78 bits per heavy atom. The summed E-state index contributed by atoms with van der Waals surface area (Å²) in [5.41, 5.74) is 7.08. The lowest BCUT2D eigenvalue weighted by Gasteiger charge is -2.32. The molecule has 0 spiro atoms. The maximum atomic E-state index is 9.24. The average molecular weight is 289 g/mol. The summed E-state index contributed by atoms with van der Waals surface area (Å²) in [5, 5.41) is 10.4. The Hall–Kier alpha value is -0.640. The Kier molecular flexibility index (Phi) is 4.60. The number of nitrogen functional groups attached to an aromatic ring is 1. The van der Waals surface area contributed by atoms with Crippen molar-refractivity contribution in [1.82, 2.24) is 0 Å². The minimum Gasteiger partial charge on any atom is -0.399 e. The van der Waals surface area contributed by atoms with Gasteiger partial charge in [-0.2, -0.15) is 0 Å². The van der Waals surface area contributed by atoms with Gasteiger partial charge < -0.3 is 15.7 Å². The molecule has 0 aromatic heterocycles. The molecule has 0 bridgehead atoms. The number of benzene rings is 1. The first-order valence-corrected chi connectivity index (χ1v) is 7.01. The standard InChI is InChI=1S/C13H18Cl2N2O/c14-11-7-9(16)8-12(15)13(11)17(5-6-18)10-3-1-2-4-10/h7-8,10,18H,1-6,16H2. The van der Waals surface area contributed by atoms with Gasteiger partial charge in [-0.25, -0.2) is 0 Å². The van der Waals surface area contributed by atoms with Crippen molar-refractivity contribution in [3.8, 4) is 0 Å². The molecule has 1 aromatic rings. The highest BCUT2D eigenvalue weighted by Crippen LogP contribution is 2.39. The normalized spacial score (nSPS) is 16.2. The second-order valence-corrected chi connectivity index (χ2v) is 5.50. The number of nitrogens with zero attached hydrogens (tertiary/aromatic N) is 1. The fourth-order valence-corrected chi connectivity index (χ4v) is 3.38. The molecule has 0 unspecified atom stereocenters. The highest BCUT2D eigenvalue weighted by Gasteiger charge is 2.25. The van der Waals surface area contributed by atoms with Crippen LogP contribution in [0.5, 0.6) is 0 Å². The summed E-state index contributed by atoms with van der Waals surface area (Å²) in [6.07, 6.45) is 4.68. The maximum Gasteiger partial charge on any atom is 0.0749 e. The van der Waals surface area contributed by atoms with Gasteiger partial charge >= 0.3 is 0 Å². The summed E-state index contributed by atoms with van der Waals surface area (Å²) in [5.74, 6) is 0. The first-order valence-electron chi connectivity index (χ1n) is 6.25. The van der Waals surface area contributed by atoms with Gasteiger partial charge in [0, 0.05) is 18.3 Å². The molecule has 0 atom stereocenters. The molecule has 100 valence electrons. The molecule has 0 heterocycles. The van der Waals surface area contributed by atoms with Crippen LogP contribution in [0, 0.1) is 0 Å². The zero-order valence-electron chi connectivity index (χ0n) is 10.2. The lowest BCUT2D eigenvalue weighted by Crippen LogP contribution is -2.36. The summed E-state index contributed by atoms with van der Waals surface area (Å²) in [4.78, 5) is 2.12. The van der Waals surface area contributed by atoms with Gasteiger partial charge in [-0.05, 0) is 25.0 Å². The number of hydrogen-bond acceptors (Lipinski definition) is 3. The van der Waals surface area contributed by atoms with Crippen molar-refractivity contribution in [1.29, 1.82) is 0 Å². The fraction of sp³-hybridized carbons (Fsp3) is 0.538. The Morgan fingerprint density at radius 3 is 2.28 bits per heavy atom. The van der Waals surface area contributed by atoms with E-state index >= 15 is 0 Å². The molecule has 0 amide bonds. The van der Waals surface area contributed by atoms with Crippen LogP contribution in [0.1, 0.15) is 25.7 Å². The molecule has 3 nitrogen and oxygen atoms in total. The van der Waals surface area contributed by atoms with Crippen LogP contribution >= 0.6 is 23.2 Å². The summed E-state index contributed by atoms with van der Waals surface area (Å²) in [6.45, 7) is 0.640. The molecular formula is C13H18Cl2N2O. The van der Waals surface area contributed by atoms with Crippen LogP contribution < -0.4 is 10.6 Å². The Morgan fingerprint density at radius 1 is 1.22 bits per heavy atom. The minimum absolute atomic E-state index is 0.0908. The van der Waals surface area contributed by atoms with Crippen LogP contribution in [0.2, 0.25) is 10.0 Å². The van der Waals surface area contributed by atoms with Crippen LogP contribution in [0.15, 0.2) is 12.1 Å². The van der Waals surface area contributed by atoms with E-state index < -0.39 is 0 Å². The maximum absolute atomic E-state index is 9.24. The molecule has 1 fully saturated rings. The van der Waals surface area contributed by atoms with Crippen LogP contribution in [-0.2, 0) is 0 Å². The number of nitrogens with two attached hydrogens (primary N) is 1. The van der Waals surface area contributed by atoms with E-state index in [9.17, 15) is 5.11 Å². The molecule has 1 aromatic carbocycles. The SMILES string of the molecule is Nc1cc(Cl)c(N(CCO)C2CCCC2)c(Cl)c1. The average Bonchev–Trinajstić information content (AvgIpc) is 2.79. The second-order valence-electron chi connectivity index (χ2n) is 4.69. The van der Waals surface area contributed by atoms with Crippen LogP contribution in [0.3, 0.4) is 0 Å². The van der Waals surface area contributed by atoms with Crippen LogP contribution in [0.25, 0.3) is 0 Å². The van der Waals surface area contributed by atoms with Gasteiger partial charge in [0.05, 0.1) is 22.3 Å². The molecule has 0 radical (unpaired) electrons. The number of halogens is 2. The molecule has 1 aliphatic carbocycles. The summed E-state index contributed by atoms with van der Waals surface area (Å²) < 4.78 is 0. The molecular weight excluding hydrogens is 271 g/mol. The quantitative estimate of drug-likeness (QED) is 0.836. The van der Waals surface area contributed by atoms with Gasteiger partial charge in [0.1, 0.15) is 0 Å². The molecule has 3 N–H and O–H groups in total. The topological polar surface area (TPSA) is 49.5 Å². The van der Waals surface area contributed by atoms with Gasteiger partial charge in [0.25, 0.3) is 0 Å². The van der Waals surface area contributed by atoms with E-state index in [1.165, 1.54) is 12.8 Å². The number of aliphatic hydroxyl groups is 1. The zero-order valence-corrected chi connectivity index (χ0v) is 11.7. The van der Waals surface area contributed by atoms with Crippen molar-refractivity contribution in [3.05, 3.63) is 22.2 Å². The molecule has 1 saturated carbocycles. The Labute approximate surface area is 117 Å². The molecule has 0 saturated heterocycles. The molecule has 5 heteroatoms. The van der Waals surface area contributed by atoms with E-state index in [0.717, 1.165) is 18.5 Å². The van der Waals surface area contributed by atoms with Gasteiger partial charge in [-0.15, -0.1) is 0 Å². The van der Waals surface area contributed by atoms with E-state index in [1.807, 2.05) is 0 Å². The zero-order chi connectivity index (χ0) is 13.1. The molecule has 2 rings (SSSR count). The monoisotopic (exact) mass is 288 g/mol. The number of rotatable bonds is 4. The van der Waals surface area contributed by atoms with Crippen molar-refractivity contribution < 1.29 is 5.11 Å². The first-order chi connectivity index (χ1) is 8.63. The van der Waals surface area contributed by atoms with Crippen LogP contribution in [-0.4, -0.2) is 24.3 Å². The third-order valence-electron chi connectivity index (χ3n) is 3.43. The fourth-order valence-electron chi connectivity index (χ4n) is 2.66. The van der Waals surface area contributed by atoms with Crippen molar-refractivity contribution in [2.24, 2.45) is 0 Å². The third kappa shape index (κ3) is 2.85. The van der Waals surface area contributed by atoms with E-state index in [-0.39, 0.29) is 6.61 Å². The van der Waals surface area contributed by atoms with Gasteiger partial charge in [-0.1, -0.05) is 36.0 Å². The number of anilines is 2. The highest BCUT2D eigenvalue weighted by atomic mass is 35.5. The predicted molar refractivity (Wildman–Crippen MR) is 77.6 cm³/mol. The minimum atomic E-state index is 0.0908. The highest BCUT2D eigenvalue weighted by molar-refractivity contribution is 6.39. The van der Waals surface area contributed by atoms with Crippen LogP contribution in [0.4, 0.5) is 11.4 Å².